The summed E-state index contributed by atoms with van der Waals surface area (Å²) in [6.45, 7) is -2.72. The summed E-state index contributed by atoms with van der Waals surface area (Å²) in [6.07, 6.45) is 2.12. The van der Waals surface area contributed by atoms with E-state index < -0.39 is 62.1 Å². The Morgan fingerprint density at radius 1 is 0.615 bits per heavy atom. The number of carbonyl (C=O) groups is 4. The molecule has 0 spiro atoms. The van der Waals surface area contributed by atoms with Crippen LogP contribution in [0.1, 0.15) is 25.7 Å². The fraction of sp³-hybridized carbons (Fsp3) is 0.714. The van der Waals surface area contributed by atoms with Crippen molar-refractivity contribution in [3.05, 3.63) is 0 Å². The number of hydrogen-bond donors (Lipinski definition) is 0. The van der Waals surface area contributed by atoms with Gasteiger partial charge < -0.3 is 39.6 Å². The summed E-state index contributed by atoms with van der Waals surface area (Å²) in [5.41, 5.74) is 0. The van der Waals surface area contributed by atoms with Gasteiger partial charge in [0.2, 0.25) is 0 Å². The Bertz CT molecular complexity index is 429. The molecule has 26 heavy (non-hydrogen) atoms. The van der Waals surface area contributed by atoms with Crippen molar-refractivity contribution in [1.29, 1.82) is 0 Å². The van der Waals surface area contributed by atoms with Crippen molar-refractivity contribution in [3.63, 3.8) is 0 Å². The van der Waals surface area contributed by atoms with Crippen LogP contribution in [-0.2, 0) is 61.3 Å². The molecule has 0 unspecified atom stereocenters. The molecular weight excluding hydrogens is 714 g/mol. The van der Waals surface area contributed by atoms with Gasteiger partial charge in [-0.25, -0.2) is 0 Å². The van der Waals surface area contributed by atoms with E-state index >= 15 is 0 Å². The molecule has 0 aliphatic heterocycles. The van der Waals surface area contributed by atoms with Gasteiger partial charge in [-0.2, -0.15) is 0 Å². The van der Waals surface area contributed by atoms with Crippen molar-refractivity contribution in [2.75, 3.05) is 26.2 Å². The van der Waals surface area contributed by atoms with Crippen molar-refractivity contribution < 1.29 is 81.7 Å². The van der Waals surface area contributed by atoms with Gasteiger partial charge in [0.05, 0.1) is 23.9 Å². The molecule has 0 aromatic heterocycles. The summed E-state index contributed by atoms with van der Waals surface area (Å²) in [5, 5.41) is 43.5. The van der Waals surface area contributed by atoms with E-state index in [4.69, 9.17) is 0 Å². The zero-order valence-electron chi connectivity index (χ0n) is 13.6. The number of nitrogens with zero attached hydrogens (tertiary/aromatic N) is 2. The summed E-state index contributed by atoms with van der Waals surface area (Å²) in [4.78, 5) is 45.7. The quantitative estimate of drug-likeness (QED) is 0.211. The molecule has 10 nitrogen and oxygen atoms in total. The van der Waals surface area contributed by atoms with Crippen LogP contribution in [0.15, 0.2) is 0 Å². The Hall–Kier alpha value is -0.823. The number of carboxylic acid groups (broad SMARTS) is 4. The van der Waals surface area contributed by atoms with Gasteiger partial charge in [-0.05, 0) is 12.8 Å². The number of rotatable bonds is 10. The molecular formula is C14H18N2O8Pt2. The van der Waals surface area contributed by atoms with Crippen LogP contribution in [0.4, 0.5) is 0 Å². The molecule has 0 aromatic rings. The third kappa shape index (κ3) is 9.76. The standard InChI is InChI=1S/C14H22N2O8.2Pt/c17-11(18)5-15(6-12(19)20)9-3-1-2-4-10(9)16(7-13(21)22)8-14(23)24;;/h9-10H,1-8H2,(H,17,18)(H,19,20)(H,21,22)(H,23,24);;/q;2*+2/p-4/t9-,10-;;/m1../s1. The molecule has 0 saturated heterocycles. The van der Waals surface area contributed by atoms with Crippen LogP contribution < -0.4 is 20.4 Å². The van der Waals surface area contributed by atoms with E-state index in [2.05, 4.69) is 0 Å². The summed E-state index contributed by atoms with van der Waals surface area (Å²) in [6, 6.07) is -1.32. The average molecular weight is 732 g/mol. The van der Waals surface area contributed by atoms with E-state index in [0.717, 1.165) is 9.80 Å². The Kier molecular flexibility index (Phi) is 14.1. The zero-order chi connectivity index (χ0) is 18.3. The fourth-order valence-corrected chi connectivity index (χ4v) is 3.19. The number of carboxylic acids is 4. The number of aliphatic carboxylic acids is 4. The molecule has 0 bridgehead atoms. The third-order valence-corrected chi connectivity index (χ3v) is 3.96. The first-order valence-corrected chi connectivity index (χ1v) is 7.48. The van der Waals surface area contributed by atoms with Gasteiger partial charge in [0, 0.05) is 38.3 Å². The number of carbonyl (C=O) groups excluding carboxylic acids is 4. The van der Waals surface area contributed by atoms with Crippen molar-refractivity contribution in [2.24, 2.45) is 0 Å². The minimum Gasteiger partial charge on any atom is -0.549 e. The maximum Gasteiger partial charge on any atom is 2.00 e. The average Bonchev–Trinajstić information content (AvgIpc) is 2.44. The van der Waals surface area contributed by atoms with E-state index in [9.17, 15) is 39.6 Å². The molecule has 0 heterocycles. The van der Waals surface area contributed by atoms with E-state index in [1.54, 1.807) is 0 Å². The maximum absolute atomic E-state index is 10.9. The van der Waals surface area contributed by atoms with Crippen molar-refractivity contribution in [3.8, 4) is 0 Å². The largest absolute Gasteiger partial charge is 2.00 e. The maximum atomic E-state index is 10.9. The first-order valence-electron chi connectivity index (χ1n) is 7.48. The van der Waals surface area contributed by atoms with Crippen LogP contribution in [0, 0.1) is 0 Å². The Labute approximate surface area is 179 Å². The summed E-state index contributed by atoms with van der Waals surface area (Å²) in [5.74, 6) is -5.97. The molecule has 1 aliphatic carbocycles. The van der Waals surface area contributed by atoms with Crippen LogP contribution in [0.3, 0.4) is 0 Å². The van der Waals surface area contributed by atoms with Crippen LogP contribution in [0.25, 0.3) is 0 Å². The first-order chi connectivity index (χ1) is 11.2. The smallest absolute Gasteiger partial charge is 0.549 e. The van der Waals surface area contributed by atoms with Crippen molar-refractivity contribution in [1.82, 2.24) is 9.80 Å². The minimum atomic E-state index is -1.49. The molecule has 12 heteroatoms. The zero-order valence-corrected chi connectivity index (χ0v) is 18.1. The summed E-state index contributed by atoms with van der Waals surface area (Å²) in [7, 11) is 0. The normalized spacial score (nSPS) is 19.3. The van der Waals surface area contributed by atoms with E-state index in [1.165, 1.54) is 0 Å². The molecule has 0 N–H and O–H groups in total. The van der Waals surface area contributed by atoms with E-state index in [-0.39, 0.29) is 42.1 Å². The Balaban J connectivity index is 0. The van der Waals surface area contributed by atoms with Crippen molar-refractivity contribution in [2.45, 2.75) is 37.8 Å². The second-order valence-electron chi connectivity index (χ2n) is 5.72. The molecule has 1 saturated carbocycles. The first kappa shape index (κ1) is 27.4. The summed E-state index contributed by atoms with van der Waals surface area (Å²) >= 11 is 0. The second kappa shape index (κ2) is 13.4. The molecule has 2 atom stereocenters. The molecule has 0 amide bonds. The predicted molar refractivity (Wildman–Crippen MR) is 69.2 cm³/mol. The van der Waals surface area contributed by atoms with Gasteiger partial charge in [-0.1, -0.05) is 12.8 Å². The number of hydrogen-bond acceptors (Lipinski definition) is 10. The monoisotopic (exact) mass is 732 g/mol. The predicted octanol–water partition coefficient (Wildman–Crippen LogP) is -6.10. The Morgan fingerprint density at radius 2 is 0.846 bits per heavy atom. The van der Waals surface area contributed by atoms with Gasteiger partial charge in [0.1, 0.15) is 0 Å². The second-order valence-corrected chi connectivity index (χ2v) is 5.72. The van der Waals surface area contributed by atoms with Crippen LogP contribution in [0.5, 0.6) is 0 Å². The van der Waals surface area contributed by atoms with Crippen molar-refractivity contribution >= 4 is 23.9 Å². The van der Waals surface area contributed by atoms with Crippen LogP contribution in [0.2, 0.25) is 0 Å². The van der Waals surface area contributed by atoms with Crippen LogP contribution >= 0.6 is 0 Å². The molecule has 1 aliphatic rings. The summed E-state index contributed by atoms with van der Waals surface area (Å²) < 4.78 is 0. The third-order valence-electron chi connectivity index (χ3n) is 3.96. The molecule has 0 aromatic carbocycles. The SMILES string of the molecule is O=C([O-])CN(CC(=O)[O-])[C@@H]1CCCC[C@H]1N(CC(=O)[O-])CC(=O)[O-].[Pt+2].[Pt+2]. The van der Waals surface area contributed by atoms with Gasteiger partial charge >= 0.3 is 42.1 Å². The van der Waals surface area contributed by atoms with Gasteiger partial charge in [0.15, 0.2) is 0 Å². The minimum absolute atomic E-state index is 0. The van der Waals surface area contributed by atoms with Gasteiger partial charge in [-0.3, -0.25) is 9.80 Å². The van der Waals surface area contributed by atoms with Gasteiger partial charge in [0.25, 0.3) is 0 Å². The van der Waals surface area contributed by atoms with Gasteiger partial charge in [-0.15, -0.1) is 0 Å². The fourth-order valence-electron chi connectivity index (χ4n) is 3.19. The molecule has 1 rings (SSSR count). The molecule has 152 valence electrons. The molecule has 0 radical (unpaired) electrons. The van der Waals surface area contributed by atoms with E-state index in [0.29, 0.717) is 25.7 Å². The molecule has 1 fully saturated rings. The Morgan fingerprint density at radius 3 is 1.04 bits per heavy atom. The van der Waals surface area contributed by atoms with Crippen LogP contribution in [-0.4, -0.2) is 71.9 Å². The topological polar surface area (TPSA) is 167 Å². The van der Waals surface area contributed by atoms with E-state index in [1.807, 2.05) is 0 Å².